The summed E-state index contributed by atoms with van der Waals surface area (Å²) in [5.74, 6) is -1.16. The number of ether oxygens (including phenoxy) is 3. The van der Waals surface area contributed by atoms with Crippen molar-refractivity contribution in [3.05, 3.63) is 10.4 Å². The van der Waals surface area contributed by atoms with Gasteiger partial charge in [-0.2, -0.15) is 0 Å². The summed E-state index contributed by atoms with van der Waals surface area (Å²) in [6, 6.07) is 0. The van der Waals surface area contributed by atoms with Crippen LogP contribution >= 0.6 is 0 Å². The summed E-state index contributed by atoms with van der Waals surface area (Å²) in [7, 11) is 0. The molecule has 4 atom stereocenters. The van der Waals surface area contributed by atoms with Crippen molar-refractivity contribution in [1.82, 2.24) is 0 Å². The molecule has 0 aromatic carbocycles. The lowest BCUT2D eigenvalue weighted by molar-refractivity contribution is -0.205. The molecule has 0 bridgehead atoms. The number of hydrogen-bond donors (Lipinski definition) is 0. The molecule has 0 spiro atoms. The van der Waals surface area contributed by atoms with Crippen molar-refractivity contribution in [1.29, 1.82) is 0 Å². The predicted octanol–water partition coefficient (Wildman–Crippen LogP) is 2.32. The molecular formula is C13H21N3O5. The Labute approximate surface area is 123 Å². The Morgan fingerprint density at radius 1 is 1.33 bits per heavy atom. The monoisotopic (exact) mass is 299 g/mol. The maximum atomic E-state index is 11.3. The molecule has 1 rings (SSSR count). The summed E-state index contributed by atoms with van der Waals surface area (Å²) in [4.78, 5) is 25.2. The normalized spacial score (nSPS) is 31.3. The summed E-state index contributed by atoms with van der Waals surface area (Å²) in [6.45, 7) is 6.62. The minimum absolute atomic E-state index is 0.190. The van der Waals surface area contributed by atoms with Crippen LogP contribution in [-0.2, 0) is 23.8 Å². The maximum Gasteiger partial charge on any atom is 0.305 e. The Morgan fingerprint density at radius 3 is 2.43 bits per heavy atom. The molecule has 0 radical (unpaired) electrons. The number of rotatable bonds is 6. The van der Waals surface area contributed by atoms with Gasteiger partial charge in [-0.05, 0) is 18.4 Å². The molecule has 0 saturated carbocycles. The number of carbonyl (C=O) groups excluding carboxylic acids is 2. The molecule has 0 aliphatic carbocycles. The van der Waals surface area contributed by atoms with Crippen LogP contribution in [0, 0.1) is 5.92 Å². The van der Waals surface area contributed by atoms with Crippen LogP contribution in [0.2, 0.25) is 0 Å². The van der Waals surface area contributed by atoms with Crippen LogP contribution in [0.3, 0.4) is 0 Å². The van der Waals surface area contributed by atoms with E-state index in [4.69, 9.17) is 19.7 Å². The average Bonchev–Trinajstić information content (AvgIpc) is 2.64. The van der Waals surface area contributed by atoms with Crippen LogP contribution in [0.4, 0.5) is 0 Å². The molecule has 1 fully saturated rings. The van der Waals surface area contributed by atoms with Crippen molar-refractivity contribution >= 4 is 11.9 Å². The summed E-state index contributed by atoms with van der Waals surface area (Å²) < 4.78 is 16.3. The zero-order chi connectivity index (χ0) is 16.0. The highest BCUT2D eigenvalue weighted by molar-refractivity contribution is 5.67. The van der Waals surface area contributed by atoms with E-state index in [1.54, 1.807) is 0 Å². The third-order valence-electron chi connectivity index (χ3n) is 3.82. The minimum atomic E-state index is -0.938. The van der Waals surface area contributed by atoms with Crippen LogP contribution in [-0.4, -0.2) is 36.5 Å². The van der Waals surface area contributed by atoms with E-state index >= 15 is 0 Å². The molecule has 118 valence electrons. The average molecular weight is 299 g/mol. The van der Waals surface area contributed by atoms with Gasteiger partial charge in [0.1, 0.15) is 0 Å². The van der Waals surface area contributed by atoms with Crippen molar-refractivity contribution in [3.63, 3.8) is 0 Å². The third kappa shape index (κ3) is 4.09. The molecule has 21 heavy (non-hydrogen) atoms. The lowest BCUT2D eigenvalue weighted by atomic mass is 9.82. The molecule has 1 aliphatic rings. The molecular weight excluding hydrogens is 278 g/mol. The largest absolute Gasteiger partial charge is 0.455 e. The van der Waals surface area contributed by atoms with Gasteiger partial charge in [0.05, 0.1) is 5.60 Å². The number of azide groups is 1. The van der Waals surface area contributed by atoms with Crippen molar-refractivity contribution in [3.8, 4) is 0 Å². The molecule has 0 aromatic rings. The number of carbonyl (C=O) groups is 2. The SMILES string of the molecule is CC[C@@]1(CCN=[N+]=[N-])OC(OC(C)=O)[C@H](OC(C)=O)[C@@H]1C. The summed E-state index contributed by atoms with van der Waals surface area (Å²) in [6.07, 6.45) is -0.528. The van der Waals surface area contributed by atoms with E-state index in [0.717, 1.165) is 0 Å². The third-order valence-corrected chi connectivity index (χ3v) is 3.82. The van der Waals surface area contributed by atoms with Crippen molar-refractivity contribution in [2.45, 2.75) is 58.5 Å². The standard InChI is InChI=1S/C13H21N3O5/c1-5-13(6-7-15-16-14)8(2)11(19-9(3)17)12(21-13)20-10(4)18/h8,11-12H,5-7H2,1-4H3/t8-,11+,12?,13-/m0/s1. The maximum absolute atomic E-state index is 11.3. The van der Waals surface area contributed by atoms with E-state index in [1.807, 2.05) is 13.8 Å². The molecule has 1 saturated heterocycles. The second kappa shape index (κ2) is 7.28. The highest BCUT2D eigenvalue weighted by Crippen LogP contribution is 2.43. The van der Waals surface area contributed by atoms with Gasteiger partial charge >= 0.3 is 11.9 Å². The first-order chi connectivity index (χ1) is 9.86. The van der Waals surface area contributed by atoms with Gasteiger partial charge in [-0.1, -0.05) is 19.0 Å². The van der Waals surface area contributed by atoms with Crippen LogP contribution in [0.15, 0.2) is 5.11 Å². The van der Waals surface area contributed by atoms with Gasteiger partial charge in [-0.3, -0.25) is 9.59 Å². The number of nitrogens with zero attached hydrogens (tertiary/aromatic N) is 3. The molecule has 0 aromatic heterocycles. The van der Waals surface area contributed by atoms with Gasteiger partial charge in [-0.15, -0.1) is 0 Å². The van der Waals surface area contributed by atoms with Crippen LogP contribution < -0.4 is 0 Å². The van der Waals surface area contributed by atoms with E-state index in [0.29, 0.717) is 12.8 Å². The topological polar surface area (TPSA) is 111 Å². The Kier molecular flexibility index (Phi) is 5.99. The van der Waals surface area contributed by atoms with Crippen molar-refractivity contribution < 1.29 is 23.8 Å². The molecule has 8 heteroatoms. The van der Waals surface area contributed by atoms with Gasteiger partial charge in [0.25, 0.3) is 0 Å². The fraction of sp³-hybridized carbons (Fsp3) is 0.846. The second-order valence-corrected chi connectivity index (χ2v) is 5.08. The molecule has 8 nitrogen and oxygen atoms in total. The highest BCUT2D eigenvalue weighted by atomic mass is 16.7. The molecule has 0 amide bonds. The van der Waals surface area contributed by atoms with Gasteiger partial charge in [0, 0.05) is 31.2 Å². The molecule has 1 heterocycles. The van der Waals surface area contributed by atoms with Gasteiger partial charge in [-0.25, -0.2) is 0 Å². The van der Waals surface area contributed by atoms with Crippen LogP contribution in [0.1, 0.15) is 40.5 Å². The first-order valence-corrected chi connectivity index (χ1v) is 6.89. The zero-order valence-electron chi connectivity index (χ0n) is 12.7. The number of hydrogen-bond acceptors (Lipinski definition) is 6. The Bertz CT molecular complexity index is 449. The van der Waals surface area contributed by atoms with E-state index in [9.17, 15) is 9.59 Å². The molecule has 0 N–H and O–H groups in total. The summed E-state index contributed by atoms with van der Waals surface area (Å²) >= 11 is 0. The molecule has 1 aliphatic heterocycles. The quantitative estimate of drug-likeness (QED) is 0.323. The van der Waals surface area contributed by atoms with Gasteiger partial charge < -0.3 is 14.2 Å². The van der Waals surface area contributed by atoms with E-state index in [2.05, 4.69) is 10.0 Å². The first kappa shape index (κ1) is 17.3. The van der Waals surface area contributed by atoms with E-state index in [-0.39, 0.29) is 12.5 Å². The van der Waals surface area contributed by atoms with Gasteiger partial charge in [0.15, 0.2) is 6.10 Å². The molecule has 1 unspecified atom stereocenters. The summed E-state index contributed by atoms with van der Waals surface area (Å²) in [5, 5.41) is 3.52. The fourth-order valence-electron chi connectivity index (χ4n) is 2.70. The lowest BCUT2D eigenvalue weighted by Crippen LogP contribution is -2.38. The van der Waals surface area contributed by atoms with Crippen molar-refractivity contribution in [2.75, 3.05) is 6.54 Å². The lowest BCUT2D eigenvalue weighted by Gasteiger charge is -2.31. The Morgan fingerprint density at radius 2 is 1.95 bits per heavy atom. The van der Waals surface area contributed by atoms with Crippen molar-refractivity contribution in [2.24, 2.45) is 11.0 Å². The minimum Gasteiger partial charge on any atom is -0.455 e. The zero-order valence-corrected chi connectivity index (χ0v) is 12.7. The van der Waals surface area contributed by atoms with E-state index in [1.165, 1.54) is 13.8 Å². The second-order valence-electron chi connectivity index (χ2n) is 5.08. The Balaban J connectivity index is 2.97. The predicted molar refractivity (Wildman–Crippen MR) is 73.0 cm³/mol. The Hall–Kier alpha value is -1.79. The highest BCUT2D eigenvalue weighted by Gasteiger charge is 2.54. The smallest absolute Gasteiger partial charge is 0.305 e. The van der Waals surface area contributed by atoms with Crippen LogP contribution in [0.5, 0.6) is 0 Å². The van der Waals surface area contributed by atoms with E-state index < -0.39 is 29.9 Å². The fourth-order valence-corrected chi connectivity index (χ4v) is 2.70. The number of esters is 2. The van der Waals surface area contributed by atoms with Crippen LogP contribution in [0.25, 0.3) is 10.4 Å². The first-order valence-electron chi connectivity index (χ1n) is 6.89. The summed E-state index contributed by atoms with van der Waals surface area (Å²) in [5.41, 5.74) is 7.73. The van der Waals surface area contributed by atoms with Gasteiger partial charge in [0.2, 0.25) is 6.29 Å².